The first-order chi connectivity index (χ1) is 30.6. The van der Waals surface area contributed by atoms with Crippen molar-refractivity contribution < 1.29 is 9.47 Å². The van der Waals surface area contributed by atoms with Crippen LogP contribution in [0.25, 0.3) is 29.3 Å². The van der Waals surface area contributed by atoms with E-state index in [1.165, 1.54) is 143 Å². The normalized spacial score (nSPS) is 19.9. The molecular weight excluding hydrogens is 857 g/mol. The van der Waals surface area contributed by atoms with Gasteiger partial charge in [-0.05, 0) is 134 Å². The van der Waals surface area contributed by atoms with Crippen LogP contribution in [-0.2, 0) is 11.2 Å². The van der Waals surface area contributed by atoms with E-state index in [1.807, 2.05) is 22.7 Å². The smallest absolute Gasteiger partial charge is 0.140 e. The molecule has 2 nitrogen and oxygen atoms in total. The fraction of sp³-hybridized carbons (Fsp3) is 0.724. The lowest BCUT2D eigenvalue weighted by molar-refractivity contribution is 0.0321. The molecule has 2 aliphatic rings. The molecule has 0 bridgehead atoms. The van der Waals surface area contributed by atoms with Crippen LogP contribution in [0.4, 0.5) is 0 Å². The largest absolute Gasteiger partial charge is 0.481 e. The van der Waals surface area contributed by atoms with Crippen LogP contribution in [0.1, 0.15) is 223 Å². The zero-order valence-electron chi connectivity index (χ0n) is 42.7. The third-order valence-electron chi connectivity index (χ3n) is 15.0. The maximum Gasteiger partial charge on any atom is 0.140 e. The Morgan fingerprint density at radius 2 is 0.688 bits per heavy atom. The highest BCUT2D eigenvalue weighted by molar-refractivity contribution is 7.28. The third-order valence-corrected chi connectivity index (χ3v) is 19.6. The van der Waals surface area contributed by atoms with E-state index in [0.717, 1.165) is 60.9 Å². The van der Waals surface area contributed by atoms with Gasteiger partial charge in [-0.25, -0.2) is 0 Å². The molecule has 4 aromatic rings. The molecule has 0 saturated heterocycles. The summed E-state index contributed by atoms with van der Waals surface area (Å²) >= 11 is 7.85. The van der Waals surface area contributed by atoms with Crippen molar-refractivity contribution in [2.45, 2.75) is 223 Å². The fourth-order valence-corrected chi connectivity index (χ4v) is 15.2. The van der Waals surface area contributed by atoms with E-state index in [-0.39, 0.29) is 11.2 Å². The molecule has 6 heterocycles. The summed E-state index contributed by atoms with van der Waals surface area (Å²) in [6.45, 7) is 29.0. The van der Waals surface area contributed by atoms with Crippen molar-refractivity contribution in [3.63, 3.8) is 0 Å². The van der Waals surface area contributed by atoms with Crippen molar-refractivity contribution in [3.8, 4) is 40.8 Å². The molecule has 0 radical (unpaired) electrons. The lowest BCUT2D eigenvalue weighted by Gasteiger charge is -2.39. The Labute approximate surface area is 409 Å². The summed E-state index contributed by atoms with van der Waals surface area (Å²) in [5.41, 5.74) is 2.36. The summed E-state index contributed by atoms with van der Waals surface area (Å²) in [5, 5.41) is 4.54. The molecule has 4 atom stereocenters. The summed E-state index contributed by atoms with van der Waals surface area (Å²) in [5.74, 6) is 8.13. The molecular formula is C58H90O2S4. The molecule has 358 valence electrons. The highest BCUT2D eigenvalue weighted by atomic mass is 32.1. The van der Waals surface area contributed by atoms with E-state index in [0.29, 0.717) is 23.7 Å². The minimum Gasteiger partial charge on any atom is -0.481 e. The predicted octanol–water partition coefficient (Wildman–Crippen LogP) is 21.1. The molecule has 0 amide bonds. The Balaban J connectivity index is 1.36. The molecule has 2 aliphatic heterocycles. The second kappa shape index (κ2) is 24.1. The van der Waals surface area contributed by atoms with Gasteiger partial charge in [0.2, 0.25) is 0 Å². The van der Waals surface area contributed by atoms with Crippen molar-refractivity contribution in [2.24, 2.45) is 47.3 Å². The highest BCUT2D eigenvalue weighted by Gasteiger charge is 2.45. The molecule has 4 unspecified atom stereocenters. The van der Waals surface area contributed by atoms with Gasteiger partial charge in [0.1, 0.15) is 22.7 Å². The first kappa shape index (κ1) is 51.8. The molecule has 0 spiro atoms. The Hall–Kier alpha value is -1.60. The Bertz CT molecular complexity index is 1780. The Morgan fingerprint density at radius 3 is 0.969 bits per heavy atom. The monoisotopic (exact) mass is 947 g/mol. The van der Waals surface area contributed by atoms with E-state index >= 15 is 0 Å². The molecule has 6 rings (SSSR count). The van der Waals surface area contributed by atoms with Gasteiger partial charge in [0.25, 0.3) is 0 Å². The van der Waals surface area contributed by atoms with Gasteiger partial charge >= 0.3 is 0 Å². The minimum atomic E-state index is -0.293. The van der Waals surface area contributed by atoms with Gasteiger partial charge in [-0.1, -0.05) is 160 Å². The van der Waals surface area contributed by atoms with Crippen molar-refractivity contribution in [1.29, 1.82) is 0 Å². The number of fused-ring (bicyclic) bond motifs is 6. The van der Waals surface area contributed by atoms with E-state index in [9.17, 15) is 0 Å². The van der Waals surface area contributed by atoms with Gasteiger partial charge in [-0.15, -0.1) is 45.3 Å². The van der Waals surface area contributed by atoms with Crippen molar-refractivity contribution in [2.75, 3.05) is 0 Å². The summed E-state index contributed by atoms with van der Waals surface area (Å²) in [6, 6.07) is 9.80. The van der Waals surface area contributed by atoms with Crippen LogP contribution in [-0.4, -0.2) is 0 Å². The van der Waals surface area contributed by atoms with Crippen LogP contribution in [0.15, 0.2) is 35.0 Å². The standard InChI is InChI=1S/C58H90O2S4/c1-39(2)17-13-21-43(9)25-31-57(32-26-44(10)22-14-18-40(3)4)47-37-51(63-53(47)55-49(59-57)29-35-61-55)52-38-48-54(64-52)56-50(30-36-62-56)60-58(48,33-27-45(11)23-15-19-41(5)6)34-28-46(12)24-16-20-42(7)8/h29-30,35-46H,13-28,31-34H2,1-12H3. The molecule has 0 fully saturated rings. The third kappa shape index (κ3) is 13.8. The number of hydrogen-bond donors (Lipinski definition) is 0. The van der Waals surface area contributed by atoms with Crippen LogP contribution in [0.5, 0.6) is 11.5 Å². The van der Waals surface area contributed by atoms with Crippen molar-refractivity contribution in [3.05, 3.63) is 46.2 Å². The summed E-state index contributed by atoms with van der Waals surface area (Å²) < 4.78 is 14.9. The van der Waals surface area contributed by atoms with Gasteiger partial charge in [0.05, 0.1) is 19.5 Å². The van der Waals surface area contributed by atoms with Gasteiger partial charge < -0.3 is 9.47 Å². The molecule has 0 aliphatic carbocycles. The number of hydrogen-bond acceptors (Lipinski definition) is 6. The zero-order chi connectivity index (χ0) is 46.0. The molecule has 0 saturated carbocycles. The van der Waals surface area contributed by atoms with Gasteiger partial charge in [-0.3, -0.25) is 0 Å². The summed E-state index contributed by atoms with van der Waals surface area (Å²) in [6.07, 6.45) is 25.1. The van der Waals surface area contributed by atoms with Gasteiger partial charge in [0.15, 0.2) is 0 Å². The summed E-state index contributed by atoms with van der Waals surface area (Å²) in [7, 11) is 0. The summed E-state index contributed by atoms with van der Waals surface area (Å²) in [4.78, 5) is 8.47. The lowest BCUT2D eigenvalue weighted by atomic mass is 9.78. The molecule has 64 heavy (non-hydrogen) atoms. The van der Waals surface area contributed by atoms with Gasteiger partial charge in [-0.2, -0.15) is 0 Å². The lowest BCUT2D eigenvalue weighted by Crippen LogP contribution is -2.36. The fourth-order valence-electron chi connectivity index (χ4n) is 10.6. The maximum absolute atomic E-state index is 7.46. The zero-order valence-corrected chi connectivity index (χ0v) is 45.9. The quantitative estimate of drug-likeness (QED) is 0.0540. The van der Waals surface area contributed by atoms with Crippen LogP contribution in [0.2, 0.25) is 0 Å². The molecule has 6 heteroatoms. The second-order valence-electron chi connectivity index (χ2n) is 23.0. The average Bonchev–Trinajstić information content (AvgIpc) is 4.06. The molecule has 4 aromatic heterocycles. The van der Waals surface area contributed by atoms with Crippen LogP contribution >= 0.6 is 45.3 Å². The minimum absolute atomic E-state index is 0.293. The van der Waals surface area contributed by atoms with Crippen LogP contribution < -0.4 is 9.47 Å². The van der Waals surface area contributed by atoms with Gasteiger partial charge in [0, 0.05) is 20.9 Å². The average molecular weight is 948 g/mol. The first-order valence-corrected chi connectivity index (χ1v) is 29.8. The molecule has 0 aromatic carbocycles. The van der Waals surface area contributed by atoms with Crippen molar-refractivity contribution >= 4 is 45.3 Å². The predicted molar refractivity (Wildman–Crippen MR) is 287 cm³/mol. The van der Waals surface area contributed by atoms with Crippen LogP contribution in [0.3, 0.4) is 0 Å². The molecule has 0 N–H and O–H groups in total. The second-order valence-corrected chi connectivity index (χ2v) is 26.9. The number of ether oxygens (including phenoxy) is 2. The van der Waals surface area contributed by atoms with E-state index in [4.69, 9.17) is 9.47 Å². The van der Waals surface area contributed by atoms with E-state index in [2.05, 4.69) is 141 Å². The van der Waals surface area contributed by atoms with E-state index in [1.54, 1.807) is 0 Å². The van der Waals surface area contributed by atoms with Crippen molar-refractivity contribution in [1.82, 2.24) is 0 Å². The van der Waals surface area contributed by atoms with E-state index < -0.39 is 0 Å². The first-order valence-electron chi connectivity index (χ1n) is 26.4. The topological polar surface area (TPSA) is 18.5 Å². The SMILES string of the molecule is CC(C)CCCC(C)CCC1(CCC(C)CCCC(C)C)Oc2ccsc2-c2sc(-c3cc4c(s3)-c3sccc3OC4(CCC(C)CCCC(C)C)CCC(C)CCCC(C)C)cc21. The highest BCUT2D eigenvalue weighted by Crippen LogP contribution is 2.60. The number of thiophene rings is 4. The Morgan fingerprint density at radius 1 is 0.391 bits per heavy atom. The Kier molecular flexibility index (Phi) is 19.5. The van der Waals surface area contributed by atoms with Crippen LogP contribution in [0, 0.1) is 47.3 Å². The number of rotatable bonds is 29. The maximum atomic E-state index is 7.46.